The number of furan rings is 1. The summed E-state index contributed by atoms with van der Waals surface area (Å²) in [5.74, 6) is 0.283. The molecule has 0 fully saturated rings. The third kappa shape index (κ3) is 3.92. The van der Waals surface area contributed by atoms with E-state index in [4.69, 9.17) is 16.6 Å². The van der Waals surface area contributed by atoms with Gasteiger partial charge in [-0.2, -0.15) is 0 Å². The molecule has 2 aromatic rings. The van der Waals surface area contributed by atoms with E-state index in [1.165, 1.54) is 11.8 Å². The lowest BCUT2D eigenvalue weighted by atomic mass is 9.97. The van der Waals surface area contributed by atoms with E-state index in [0.29, 0.717) is 5.92 Å². The predicted molar refractivity (Wildman–Crippen MR) is 87.5 cm³/mol. The molecule has 0 spiro atoms. The van der Waals surface area contributed by atoms with Gasteiger partial charge in [0.25, 0.3) is 5.91 Å². The van der Waals surface area contributed by atoms with Crippen LogP contribution in [-0.2, 0) is 0 Å². The molecule has 2 rings (SSSR count). The van der Waals surface area contributed by atoms with Crippen LogP contribution in [0.5, 0.6) is 0 Å². The van der Waals surface area contributed by atoms with E-state index in [2.05, 4.69) is 30.5 Å². The van der Waals surface area contributed by atoms with E-state index in [0.717, 1.165) is 12.1 Å². The molecule has 1 amide bonds. The second-order valence-corrected chi connectivity index (χ2v) is 5.19. The number of nitrogens with one attached hydrogen (secondary N) is 2. The molecule has 0 bridgehead atoms. The molecule has 0 unspecified atom stereocenters. The van der Waals surface area contributed by atoms with Crippen molar-refractivity contribution < 1.29 is 9.21 Å². The van der Waals surface area contributed by atoms with Gasteiger partial charge in [-0.1, -0.05) is 32.0 Å². The third-order valence-electron chi connectivity index (χ3n) is 3.32. The molecule has 0 aliphatic carbocycles. The monoisotopic (exact) mass is 302 g/mol. The summed E-state index contributed by atoms with van der Waals surface area (Å²) in [6.07, 6.45) is 2.48. The molecular weight excluding hydrogens is 284 g/mol. The van der Waals surface area contributed by atoms with Crippen LogP contribution < -0.4 is 10.6 Å². The normalized spacial score (nSPS) is 11.7. The zero-order valence-electron chi connectivity index (χ0n) is 12.1. The van der Waals surface area contributed by atoms with Crippen molar-refractivity contribution >= 4 is 28.9 Å². The van der Waals surface area contributed by atoms with E-state index < -0.39 is 0 Å². The molecule has 110 valence electrons. The Kier molecular flexibility index (Phi) is 5.11. The van der Waals surface area contributed by atoms with E-state index in [9.17, 15) is 4.79 Å². The fraction of sp³-hybridized carbons (Fsp3) is 0.250. The average molecular weight is 302 g/mol. The van der Waals surface area contributed by atoms with E-state index in [-0.39, 0.29) is 16.8 Å². The number of carbonyl (C=O) groups is 1. The molecular formula is C16H18N2O2S. The van der Waals surface area contributed by atoms with Gasteiger partial charge in [-0.3, -0.25) is 10.1 Å². The smallest absolute Gasteiger partial charge is 0.293 e. The second kappa shape index (κ2) is 7.04. The lowest BCUT2D eigenvalue weighted by Gasteiger charge is -2.16. The third-order valence-corrected chi connectivity index (χ3v) is 3.53. The minimum absolute atomic E-state index is 0.231. The largest absolute Gasteiger partial charge is 0.459 e. The first kappa shape index (κ1) is 15.3. The van der Waals surface area contributed by atoms with Gasteiger partial charge >= 0.3 is 0 Å². The number of benzene rings is 1. The van der Waals surface area contributed by atoms with E-state index >= 15 is 0 Å². The highest BCUT2D eigenvalue weighted by Crippen LogP contribution is 2.26. The number of rotatable bonds is 4. The van der Waals surface area contributed by atoms with Gasteiger partial charge in [-0.15, -0.1) is 0 Å². The SMILES string of the molecule is CC[C@@H](C)c1ccccc1NC(=S)NC(=O)c1ccco1. The molecule has 0 aliphatic rings. The van der Waals surface area contributed by atoms with Crippen molar-refractivity contribution in [2.24, 2.45) is 0 Å². The maximum absolute atomic E-state index is 11.8. The standard InChI is InChI=1S/C16H18N2O2S/c1-3-11(2)12-7-4-5-8-13(12)17-16(21)18-15(19)14-9-6-10-20-14/h4-11H,3H2,1-2H3,(H2,17,18,19,21)/t11-/m1/s1. The quantitative estimate of drug-likeness (QED) is 0.841. The van der Waals surface area contributed by atoms with E-state index in [1.807, 2.05) is 18.2 Å². The molecule has 2 N–H and O–H groups in total. The summed E-state index contributed by atoms with van der Waals surface area (Å²) < 4.78 is 5.03. The maximum atomic E-state index is 11.8. The molecule has 1 aromatic heterocycles. The molecule has 1 aromatic carbocycles. The Balaban J connectivity index is 2.05. The van der Waals surface area contributed by atoms with Crippen molar-refractivity contribution in [1.82, 2.24) is 5.32 Å². The number of amides is 1. The summed E-state index contributed by atoms with van der Waals surface area (Å²) in [4.78, 5) is 11.8. The molecule has 1 atom stereocenters. The van der Waals surface area contributed by atoms with Gasteiger partial charge in [0.15, 0.2) is 10.9 Å². The van der Waals surface area contributed by atoms with Gasteiger partial charge in [0.05, 0.1) is 6.26 Å². The summed E-state index contributed by atoms with van der Waals surface area (Å²) in [6, 6.07) is 11.2. The second-order valence-electron chi connectivity index (χ2n) is 4.78. The first-order valence-electron chi connectivity index (χ1n) is 6.86. The first-order valence-corrected chi connectivity index (χ1v) is 7.27. The molecule has 0 saturated carbocycles. The lowest BCUT2D eigenvalue weighted by molar-refractivity contribution is 0.0950. The zero-order chi connectivity index (χ0) is 15.2. The molecule has 0 aliphatic heterocycles. The van der Waals surface area contributed by atoms with E-state index in [1.54, 1.807) is 12.1 Å². The summed E-state index contributed by atoms with van der Waals surface area (Å²) in [7, 11) is 0. The average Bonchev–Trinajstić information content (AvgIpc) is 3.01. The minimum Gasteiger partial charge on any atom is -0.459 e. The summed E-state index contributed by atoms with van der Waals surface area (Å²) in [5, 5.41) is 5.94. The number of carbonyl (C=O) groups excluding carboxylic acids is 1. The van der Waals surface area contributed by atoms with Gasteiger partial charge in [-0.05, 0) is 48.3 Å². The molecule has 4 nitrogen and oxygen atoms in total. The highest BCUT2D eigenvalue weighted by Gasteiger charge is 2.13. The van der Waals surface area contributed by atoms with Crippen LogP contribution in [0.15, 0.2) is 47.1 Å². The molecule has 0 saturated heterocycles. The van der Waals surface area contributed by atoms with Crippen LogP contribution in [0.1, 0.15) is 42.3 Å². The van der Waals surface area contributed by atoms with Crippen molar-refractivity contribution in [2.75, 3.05) is 5.32 Å². The minimum atomic E-state index is -0.362. The molecule has 5 heteroatoms. The summed E-state index contributed by atoms with van der Waals surface area (Å²) in [5.41, 5.74) is 2.09. The van der Waals surface area contributed by atoms with Gasteiger partial charge in [0, 0.05) is 5.69 Å². The number of thiocarbonyl (C=S) groups is 1. The Morgan fingerprint density at radius 3 is 2.71 bits per heavy atom. The Bertz CT molecular complexity index is 623. The molecule has 0 radical (unpaired) electrons. The maximum Gasteiger partial charge on any atom is 0.293 e. The van der Waals surface area contributed by atoms with Gasteiger partial charge in [-0.25, -0.2) is 0 Å². The molecule has 21 heavy (non-hydrogen) atoms. The Morgan fingerprint density at radius 2 is 2.05 bits per heavy atom. The Labute approximate surface area is 129 Å². The number of para-hydroxylation sites is 1. The number of hydrogen-bond acceptors (Lipinski definition) is 3. The van der Waals surface area contributed by atoms with Crippen LogP contribution in [0.2, 0.25) is 0 Å². The Morgan fingerprint density at radius 1 is 1.29 bits per heavy atom. The van der Waals surface area contributed by atoms with Crippen LogP contribution in [0.4, 0.5) is 5.69 Å². The Hall–Kier alpha value is -2.14. The van der Waals surface area contributed by atoms with Gasteiger partial charge < -0.3 is 9.73 Å². The van der Waals surface area contributed by atoms with Gasteiger partial charge in [0.2, 0.25) is 0 Å². The van der Waals surface area contributed by atoms with Crippen LogP contribution >= 0.6 is 12.2 Å². The lowest BCUT2D eigenvalue weighted by Crippen LogP contribution is -2.34. The van der Waals surface area contributed by atoms with Crippen molar-refractivity contribution in [3.05, 3.63) is 54.0 Å². The predicted octanol–water partition coefficient (Wildman–Crippen LogP) is 3.92. The molecule has 1 heterocycles. The highest BCUT2D eigenvalue weighted by molar-refractivity contribution is 7.80. The zero-order valence-corrected chi connectivity index (χ0v) is 12.9. The highest BCUT2D eigenvalue weighted by atomic mass is 32.1. The van der Waals surface area contributed by atoms with Gasteiger partial charge in [0.1, 0.15) is 0 Å². The van der Waals surface area contributed by atoms with Crippen molar-refractivity contribution in [3.8, 4) is 0 Å². The number of hydrogen-bond donors (Lipinski definition) is 2. The van der Waals surface area contributed by atoms with Crippen LogP contribution in [0, 0.1) is 0 Å². The topological polar surface area (TPSA) is 54.3 Å². The van der Waals surface area contributed by atoms with Crippen molar-refractivity contribution in [3.63, 3.8) is 0 Å². The summed E-state index contributed by atoms with van der Waals surface area (Å²) in [6.45, 7) is 4.30. The van der Waals surface area contributed by atoms with Crippen molar-refractivity contribution in [1.29, 1.82) is 0 Å². The fourth-order valence-electron chi connectivity index (χ4n) is 1.99. The van der Waals surface area contributed by atoms with Crippen LogP contribution in [0.25, 0.3) is 0 Å². The number of anilines is 1. The first-order chi connectivity index (χ1) is 10.1. The summed E-state index contributed by atoms with van der Waals surface area (Å²) >= 11 is 5.18. The van der Waals surface area contributed by atoms with Crippen LogP contribution in [0.3, 0.4) is 0 Å². The fourth-order valence-corrected chi connectivity index (χ4v) is 2.19. The van der Waals surface area contributed by atoms with Crippen molar-refractivity contribution in [2.45, 2.75) is 26.2 Å². The van der Waals surface area contributed by atoms with Crippen LogP contribution in [-0.4, -0.2) is 11.0 Å².